The lowest BCUT2D eigenvalue weighted by molar-refractivity contribution is -0.141. The van der Waals surface area contributed by atoms with E-state index in [4.69, 9.17) is 0 Å². The van der Waals surface area contributed by atoms with Gasteiger partial charge in [-0.3, -0.25) is 4.79 Å². The minimum absolute atomic E-state index is 0.0671. The number of hydrogen-bond donors (Lipinski definition) is 1. The summed E-state index contributed by atoms with van der Waals surface area (Å²) in [5, 5.41) is 9.40. The highest BCUT2D eigenvalue weighted by molar-refractivity contribution is 7.89. The second-order valence-electron chi connectivity index (χ2n) is 7.09. The number of rotatable bonds is 4. The lowest BCUT2D eigenvalue weighted by Gasteiger charge is -2.33. The second-order valence-corrected chi connectivity index (χ2v) is 9.19. The molecule has 2 heterocycles. The summed E-state index contributed by atoms with van der Waals surface area (Å²) in [5.74, 6) is -1.17. The Kier molecular flexibility index (Phi) is 5.03. The van der Waals surface area contributed by atoms with Gasteiger partial charge >= 0.3 is 5.97 Å². The van der Waals surface area contributed by atoms with Crippen LogP contribution in [0.25, 0.3) is 0 Å². The molecule has 2 fully saturated rings. The molecule has 1 aliphatic carbocycles. The molecule has 3 atom stereocenters. The van der Waals surface area contributed by atoms with Gasteiger partial charge in [0.2, 0.25) is 0 Å². The number of carbonyl (C=O) groups is 2. The summed E-state index contributed by atoms with van der Waals surface area (Å²) in [7, 11) is -0.871. The number of aromatic nitrogens is 1. The van der Waals surface area contributed by atoms with Crippen molar-refractivity contribution in [1.29, 1.82) is 0 Å². The van der Waals surface area contributed by atoms with Crippen molar-refractivity contribution >= 4 is 21.9 Å². The summed E-state index contributed by atoms with van der Waals surface area (Å²) >= 11 is 0. The average molecular weight is 381 g/mol. The van der Waals surface area contributed by atoms with E-state index in [1.165, 1.54) is 37.3 Å². The number of aliphatic carboxylic acids is 1. The minimum atomic E-state index is -3.68. The maximum absolute atomic E-state index is 13.0. The number of carboxylic acid groups (broad SMARTS) is 1. The molecule has 0 aromatic carbocycles. The van der Waals surface area contributed by atoms with E-state index in [-0.39, 0.29) is 22.5 Å². The van der Waals surface area contributed by atoms with Gasteiger partial charge in [0.05, 0.1) is 5.56 Å². The molecular formula is C17H23N3O5S. The van der Waals surface area contributed by atoms with Gasteiger partial charge in [-0.25, -0.2) is 22.5 Å². The zero-order valence-corrected chi connectivity index (χ0v) is 15.6. The van der Waals surface area contributed by atoms with Crippen molar-refractivity contribution in [1.82, 2.24) is 14.2 Å². The van der Waals surface area contributed by atoms with Crippen LogP contribution in [0.5, 0.6) is 0 Å². The first-order valence-corrected chi connectivity index (χ1v) is 10.1. The van der Waals surface area contributed by atoms with Crippen LogP contribution in [0.1, 0.15) is 42.5 Å². The molecule has 26 heavy (non-hydrogen) atoms. The predicted molar refractivity (Wildman–Crippen MR) is 93.1 cm³/mol. The lowest BCUT2D eigenvalue weighted by atomic mass is 9.84. The number of hydrogen-bond acceptors (Lipinski definition) is 5. The van der Waals surface area contributed by atoms with Crippen molar-refractivity contribution in [2.45, 2.75) is 49.2 Å². The van der Waals surface area contributed by atoms with Crippen molar-refractivity contribution in [3.05, 3.63) is 23.9 Å². The van der Waals surface area contributed by atoms with Crippen LogP contribution in [-0.2, 0) is 14.8 Å². The van der Waals surface area contributed by atoms with Crippen molar-refractivity contribution in [2.24, 2.45) is 5.92 Å². The monoisotopic (exact) mass is 381 g/mol. The fraction of sp³-hybridized carbons (Fsp3) is 0.588. The number of carboxylic acids is 1. The Balaban J connectivity index is 1.89. The van der Waals surface area contributed by atoms with E-state index in [0.29, 0.717) is 6.42 Å². The minimum Gasteiger partial charge on any atom is -0.480 e. The molecule has 1 saturated carbocycles. The zero-order valence-electron chi connectivity index (χ0n) is 14.8. The van der Waals surface area contributed by atoms with Crippen molar-refractivity contribution in [2.75, 3.05) is 14.1 Å². The van der Waals surface area contributed by atoms with Gasteiger partial charge in [-0.2, -0.15) is 0 Å². The zero-order chi connectivity index (χ0) is 19.1. The maximum Gasteiger partial charge on any atom is 0.326 e. The largest absolute Gasteiger partial charge is 0.480 e. The van der Waals surface area contributed by atoms with Crippen molar-refractivity contribution in [3.8, 4) is 0 Å². The van der Waals surface area contributed by atoms with Crippen LogP contribution in [0.2, 0.25) is 0 Å². The van der Waals surface area contributed by atoms with Crippen LogP contribution in [0.15, 0.2) is 23.4 Å². The van der Waals surface area contributed by atoms with Crippen molar-refractivity contribution < 1.29 is 23.1 Å². The van der Waals surface area contributed by atoms with Gasteiger partial charge in [0.25, 0.3) is 15.9 Å². The number of nitrogens with zero attached hydrogens (tertiary/aromatic N) is 3. The van der Waals surface area contributed by atoms with E-state index in [1.54, 1.807) is 0 Å². The molecule has 1 N–H and O–H groups in total. The fourth-order valence-electron chi connectivity index (χ4n) is 3.97. The number of amides is 1. The molecule has 0 spiro atoms. The van der Waals surface area contributed by atoms with E-state index >= 15 is 0 Å². The first kappa shape index (κ1) is 18.8. The third kappa shape index (κ3) is 3.21. The first-order chi connectivity index (χ1) is 12.2. The number of pyridine rings is 1. The molecule has 0 radical (unpaired) electrons. The van der Waals surface area contributed by atoms with Crippen LogP contribution >= 0.6 is 0 Å². The highest BCUT2D eigenvalue weighted by Crippen LogP contribution is 2.40. The Labute approximate surface area is 152 Å². The molecule has 8 nitrogen and oxygen atoms in total. The lowest BCUT2D eigenvalue weighted by Crippen LogP contribution is -2.46. The summed E-state index contributed by atoms with van der Waals surface area (Å²) in [6, 6.07) is 1.79. The van der Waals surface area contributed by atoms with E-state index in [0.717, 1.165) is 30.0 Å². The van der Waals surface area contributed by atoms with Crippen LogP contribution in [0.3, 0.4) is 0 Å². The number of carbonyl (C=O) groups excluding carboxylic acids is 1. The fourth-order valence-corrected chi connectivity index (χ4v) is 4.77. The molecule has 9 heteroatoms. The van der Waals surface area contributed by atoms with Crippen LogP contribution in [0, 0.1) is 5.92 Å². The molecule has 3 unspecified atom stereocenters. The van der Waals surface area contributed by atoms with Gasteiger partial charge in [-0.15, -0.1) is 0 Å². The predicted octanol–water partition coefficient (Wildman–Crippen LogP) is 1.19. The molecule has 1 aromatic heterocycles. The number of fused-ring (bicyclic) bond motifs is 1. The molecule has 1 aromatic rings. The summed E-state index contributed by atoms with van der Waals surface area (Å²) < 4.78 is 25.2. The van der Waals surface area contributed by atoms with Gasteiger partial charge in [0.15, 0.2) is 5.03 Å². The Bertz CT molecular complexity index is 806. The molecule has 0 bridgehead atoms. The Morgan fingerprint density at radius 3 is 2.50 bits per heavy atom. The van der Waals surface area contributed by atoms with Crippen LogP contribution in [0.4, 0.5) is 0 Å². The summed E-state index contributed by atoms with van der Waals surface area (Å²) in [6.45, 7) is 0. The molecular weight excluding hydrogens is 358 g/mol. The van der Waals surface area contributed by atoms with E-state index in [2.05, 4.69) is 4.98 Å². The summed E-state index contributed by atoms with van der Waals surface area (Å²) in [4.78, 5) is 30.0. The van der Waals surface area contributed by atoms with E-state index in [1.807, 2.05) is 0 Å². The van der Waals surface area contributed by atoms with Crippen molar-refractivity contribution in [3.63, 3.8) is 0 Å². The first-order valence-electron chi connectivity index (χ1n) is 8.67. The number of likely N-dealkylation sites (tertiary alicyclic amines) is 1. The highest BCUT2D eigenvalue weighted by atomic mass is 32.2. The SMILES string of the molecule is CN(C)S(=O)(=O)c1ccc(C(=O)N2C(C(=O)O)CC3CCCCC32)cn1. The summed E-state index contributed by atoms with van der Waals surface area (Å²) in [6.07, 6.45) is 5.49. The van der Waals surface area contributed by atoms with Gasteiger partial charge in [-0.1, -0.05) is 12.8 Å². The molecule has 1 aliphatic heterocycles. The Hall–Kier alpha value is -2.00. The average Bonchev–Trinajstić information content (AvgIpc) is 3.01. The molecule has 1 amide bonds. The van der Waals surface area contributed by atoms with Crippen LogP contribution < -0.4 is 0 Å². The Morgan fingerprint density at radius 2 is 1.92 bits per heavy atom. The van der Waals surface area contributed by atoms with Gasteiger partial charge in [0.1, 0.15) is 6.04 Å². The number of sulfonamides is 1. The van der Waals surface area contributed by atoms with Gasteiger partial charge in [-0.05, 0) is 37.3 Å². The van der Waals surface area contributed by atoms with Gasteiger partial charge < -0.3 is 10.0 Å². The quantitative estimate of drug-likeness (QED) is 0.839. The maximum atomic E-state index is 13.0. The normalized spacial score (nSPS) is 26.0. The molecule has 142 valence electrons. The highest BCUT2D eigenvalue weighted by Gasteiger charge is 2.47. The standard InChI is InChI=1S/C17H23N3O5S/c1-19(2)26(24,25)15-8-7-12(10-18-15)16(21)20-13-6-4-3-5-11(13)9-14(20)17(22)23/h7-8,10-11,13-14H,3-6,9H2,1-2H3,(H,22,23). The summed E-state index contributed by atoms with van der Waals surface area (Å²) in [5.41, 5.74) is 0.208. The van der Waals surface area contributed by atoms with E-state index in [9.17, 15) is 23.1 Å². The van der Waals surface area contributed by atoms with Crippen LogP contribution in [-0.4, -0.2) is 65.8 Å². The third-order valence-corrected chi connectivity index (χ3v) is 7.07. The van der Waals surface area contributed by atoms with E-state index < -0.39 is 27.9 Å². The van der Waals surface area contributed by atoms with Gasteiger partial charge in [0, 0.05) is 26.3 Å². The molecule has 1 saturated heterocycles. The Morgan fingerprint density at radius 1 is 1.23 bits per heavy atom. The molecule has 2 aliphatic rings. The smallest absolute Gasteiger partial charge is 0.326 e. The second kappa shape index (κ2) is 6.96. The third-order valence-electron chi connectivity index (χ3n) is 5.34. The topological polar surface area (TPSA) is 108 Å². The molecule has 3 rings (SSSR count).